The minimum absolute atomic E-state index is 0.588. The highest BCUT2D eigenvalue weighted by molar-refractivity contribution is 5.77. The third-order valence-corrected chi connectivity index (χ3v) is 10.7. The number of rotatable bonds is 7. The van der Waals surface area contributed by atoms with Crippen LogP contribution in [0.5, 0.6) is 11.5 Å². The number of fused-ring (bicyclic) bond motifs is 2. The van der Waals surface area contributed by atoms with Crippen molar-refractivity contribution in [1.82, 2.24) is 15.0 Å². The van der Waals surface area contributed by atoms with Gasteiger partial charge in [-0.3, -0.25) is 0 Å². The van der Waals surface area contributed by atoms with Gasteiger partial charge in [0.1, 0.15) is 11.5 Å². The van der Waals surface area contributed by atoms with Crippen LogP contribution >= 0.6 is 0 Å². The van der Waals surface area contributed by atoms with Gasteiger partial charge in [-0.2, -0.15) is 0 Å². The first-order valence-electron chi connectivity index (χ1n) is 18.9. The minimum Gasteiger partial charge on any atom is -0.457 e. The topological polar surface area (TPSA) is 47.9 Å². The summed E-state index contributed by atoms with van der Waals surface area (Å²) in [4.78, 5) is 15.1. The molecule has 0 aliphatic carbocycles. The van der Waals surface area contributed by atoms with Crippen molar-refractivity contribution in [3.05, 3.63) is 235 Å². The predicted octanol–water partition coefficient (Wildman–Crippen LogP) is 12.7. The number of hydrogen-bond donors (Lipinski definition) is 0. The van der Waals surface area contributed by atoms with Crippen molar-refractivity contribution in [2.24, 2.45) is 0 Å². The zero-order chi connectivity index (χ0) is 37.3. The highest BCUT2D eigenvalue weighted by Crippen LogP contribution is 2.55. The fourth-order valence-electron chi connectivity index (χ4n) is 8.02. The van der Waals surface area contributed by atoms with Gasteiger partial charge >= 0.3 is 0 Å². The molecule has 4 heteroatoms. The van der Waals surface area contributed by atoms with E-state index in [1.54, 1.807) is 0 Å². The van der Waals surface area contributed by atoms with Gasteiger partial charge in [0, 0.05) is 27.8 Å². The van der Waals surface area contributed by atoms with E-state index in [0.717, 1.165) is 61.6 Å². The summed E-state index contributed by atoms with van der Waals surface area (Å²) in [5.41, 5.74) is 11.2. The van der Waals surface area contributed by atoms with Crippen LogP contribution in [0.3, 0.4) is 0 Å². The van der Waals surface area contributed by atoms with Crippen LogP contribution in [0, 0.1) is 0 Å². The van der Waals surface area contributed by atoms with Gasteiger partial charge in [0.05, 0.1) is 5.41 Å². The lowest BCUT2D eigenvalue weighted by Crippen LogP contribution is -2.34. The fourth-order valence-corrected chi connectivity index (χ4v) is 8.02. The number of nitrogens with zero attached hydrogens (tertiary/aromatic N) is 3. The van der Waals surface area contributed by atoms with Crippen molar-refractivity contribution in [2.75, 3.05) is 0 Å². The van der Waals surface area contributed by atoms with E-state index in [-0.39, 0.29) is 0 Å². The van der Waals surface area contributed by atoms with Gasteiger partial charge in [0.2, 0.25) is 0 Å². The molecular formula is C52H35N3O. The fraction of sp³-hybridized carbons (Fsp3) is 0.0192. The van der Waals surface area contributed by atoms with Crippen molar-refractivity contribution in [3.63, 3.8) is 0 Å². The molecule has 4 nitrogen and oxygen atoms in total. The van der Waals surface area contributed by atoms with Crippen LogP contribution in [0.2, 0.25) is 0 Å². The lowest BCUT2D eigenvalue weighted by atomic mass is 9.63. The lowest BCUT2D eigenvalue weighted by Gasteiger charge is -2.41. The van der Waals surface area contributed by atoms with E-state index in [4.69, 9.17) is 19.7 Å². The Balaban J connectivity index is 1.08. The number of benzene rings is 8. The minimum atomic E-state index is -0.588. The molecule has 0 unspecified atom stereocenters. The highest BCUT2D eigenvalue weighted by atomic mass is 16.5. The molecule has 0 spiro atoms. The maximum atomic E-state index is 6.65. The SMILES string of the molecule is c1ccc(-c2cccc(-c3nc(-c4ccccc4)nc(-c4ccc(-c5ccc6c(c5)C(c5ccccc5)(c5ccccc5)c5ccccc5O6)cc4)n3)c2)cc1. The second kappa shape index (κ2) is 14.1. The van der Waals surface area contributed by atoms with Crippen LogP contribution in [0.15, 0.2) is 212 Å². The van der Waals surface area contributed by atoms with Gasteiger partial charge in [0.15, 0.2) is 17.5 Å². The Morgan fingerprint density at radius 3 is 1.34 bits per heavy atom. The second-order valence-corrected chi connectivity index (χ2v) is 14.0. The van der Waals surface area contributed by atoms with E-state index in [1.165, 1.54) is 11.1 Å². The standard InChI is InChI=1S/C52H35N3O/c1-5-16-36(17-6-1)40-20-15-21-42(34-40)51-54-49(38-18-7-2-8-19-38)53-50(55-51)39-30-28-37(29-31-39)41-32-33-48-46(35-41)52(43-22-9-3-10-23-43,44-24-11-4-12-25-44)45-26-13-14-27-47(45)56-48/h1-35H. The molecule has 264 valence electrons. The van der Waals surface area contributed by atoms with Crippen LogP contribution in [-0.2, 0) is 5.41 Å². The smallest absolute Gasteiger partial charge is 0.164 e. The summed E-state index contributed by atoms with van der Waals surface area (Å²) in [6, 6.07) is 73.9. The molecule has 0 fully saturated rings. The summed E-state index contributed by atoms with van der Waals surface area (Å²) in [5.74, 6) is 3.59. The molecule has 56 heavy (non-hydrogen) atoms. The lowest BCUT2D eigenvalue weighted by molar-refractivity contribution is 0.434. The van der Waals surface area contributed by atoms with Gasteiger partial charge in [-0.15, -0.1) is 0 Å². The molecule has 0 N–H and O–H groups in total. The molecule has 1 aliphatic heterocycles. The van der Waals surface area contributed by atoms with E-state index in [0.29, 0.717) is 17.5 Å². The second-order valence-electron chi connectivity index (χ2n) is 14.0. The Kier molecular flexibility index (Phi) is 8.34. The molecule has 10 rings (SSSR count). The average molecular weight is 718 g/mol. The maximum absolute atomic E-state index is 6.65. The number of para-hydroxylation sites is 1. The number of ether oxygens (including phenoxy) is 1. The first kappa shape index (κ1) is 33.2. The van der Waals surface area contributed by atoms with Crippen LogP contribution in [-0.4, -0.2) is 15.0 Å². The van der Waals surface area contributed by atoms with Crippen LogP contribution in [0.1, 0.15) is 22.3 Å². The molecule has 0 amide bonds. The molecule has 9 aromatic rings. The molecular weight excluding hydrogens is 683 g/mol. The van der Waals surface area contributed by atoms with E-state index in [1.807, 2.05) is 42.5 Å². The molecule has 0 atom stereocenters. The van der Waals surface area contributed by atoms with Crippen LogP contribution < -0.4 is 4.74 Å². The molecule has 0 saturated heterocycles. The van der Waals surface area contributed by atoms with E-state index >= 15 is 0 Å². The molecule has 1 aromatic heterocycles. The third kappa shape index (κ3) is 5.85. The summed E-state index contributed by atoms with van der Waals surface area (Å²) < 4.78 is 6.65. The number of hydrogen-bond acceptors (Lipinski definition) is 4. The maximum Gasteiger partial charge on any atom is 0.164 e. The normalized spacial score (nSPS) is 12.6. The van der Waals surface area contributed by atoms with Gasteiger partial charge in [-0.1, -0.05) is 188 Å². The Morgan fingerprint density at radius 2 is 0.696 bits per heavy atom. The molecule has 2 heterocycles. The zero-order valence-electron chi connectivity index (χ0n) is 30.5. The van der Waals surface area contributed by atoms with Gasteiger partial charge < -0.3 is 4.74 Å². The van der Waals surface area contributed by atoms with Gasteiger partial charge in [-0.05, 0) is 57.6 Å². The Hall–Kier alpha value is -7.43. The molecule has 8 aromatic carbocycles. The largest absolute Gasteiger partial charge is 0.457 e. The first-order valence-corrected chi connectivity index (χ1v) is 18.9. The monoisotopic (exact) mass is 717 g/mol. The molecule has 0 radical (unpaired) electrons. The van der Waals surface area contributed by atoms with Crippen LogP contribution in [0.25, 0.3) is 56.4 Å². The van der Waals surface area contributed by atoms with Crippen molar-refractivity contribution < 1.29 is 4.74 Å². The summed E-state index contributed by atoms with van der Waals surface area (Å²) >= 11 is 0. The van der Waals surface area contributed by atoms with Crippen molar-refractivity contribution in [2.45, 2.75) is 5.41 Å². The van der Waals surface area contributed by atoms with Gasteiger partial charge in [0.25, 0.3) is 0 Å². The summed E-state index contributed by atoms with van der Waals surface area (Å²) in [7, 11) is 0. The van der Waals surface area contributed by atoms with Gasteiger partial charge in [-0.25, -0.2) is 15.0 Å². The zero-order valence-corrected chi connectivity index (χ0v) is 30.5. The Labute approximate surface area is 326 Å². The number of aromatic nitrogens is 3. The van der Waals surface area contributed by atoms with Crippen LogP contribution in [0.4, 0.5) is 0 Å². The molecule has 0 bridgehead atoms. The summed E-state index contributed by atoms with van der Waals surface area (Å²) in [5, 5.41) is 0. The average Bonchev–Trinajstić information content (AvgIpc) is 3.29. The van der Waals surface area contributed by atoms with Crippen molar-refractivity contribution in [3.8, 4) is 67.9 Å². The van der Waals surface area contributed by atoms with E-state index in [2.05, 4.69) is 170 Å². The first-order chi connectivity index (χ1) is 27.7. The van der Waals surface area contributed by atoms with E-state index < -0.39 is 5.41 Å². The predicted molar refractivity (Wildman–Crippen MR) is 225 cm³/mol. The Bertz CT molecular complexity index is 2770. The highest BCUT2D eigenvalue weighted by Gasteiger charge is 2.45. The van der Waals surface area contributed by atoms with Crippen molar-refractivity contribution in [1.29, 1.82) is 0 Å². The van der Waals surface area contributed by atoms with Crippen molar-refractivity contribution >= 4 is 0 Å². The third-order valence-electron chi connectivity index (χ3n) is 10.7. The Morgan fingerprint density at radius 1 is 0.286 bits per heavy atom. The van der Waals surface area contributed by atoms with E-state index in [9.17, 15) is 0 Å². The summed E-state index contributed by atoms with van der Waals surface area (Å²) in [6.45, 7) is 0. The molecule has 1 aliphatic rings. The summed E-state index contributed by atoms with van der Waals surface area (Å²) in [6.07, 6.45) is 0. The molecule has 0 saturated carbocycles. The quantitative estimate of drug-likeness (QED) is 0.165.